The van der Waals surface area contributed by atoms with Crippen molar-refractivity contribution in [1.82, 2.24) is 0 Å². The van der Waals surface area contributed by atoms with Crippen molar-refractivity contribution in [2.24, 2.45) is 5.41 Å². The van der Waals surface area contributed by atoms with Crippen LogP contribution in [0.3, 0.4) is 0 Å². The van der Waals surface area contributed by atoms with Crippen LogP contribution in [0.5, 0.6) is 5.75 Å². The molecule has 2 aromatic heterocycles. The molecule has 6 nitrogen and oxygen atoms in total. The monoisotopic (exact) mass is 1040 g/mol. The van der Waals surface area contributed by atoms with Gasteiger partial charge in [-0.05, 0) is 156 Å². The number of anilines is 6. The van der Waals surface area contributed by atoms with Gasteiger partial charge in [-0.15, -0.1) is 0 Å². The summed E-state index contributed by atoms with van der Waals surface area (Å²) in [5.74, 6) is 1.76. The number of benzene rings is 7. The second-order valence-electron chi connectivity index (χ2n) is 23.1. The van der Waals surface area contributed by atoms with E-state index in [1.165, 1.54) is 39.0 Å². The number of allylic oxidation sites excluding steroid dienone is 11. The van der Waals surface area contributed by atoms with Crippen molar-refractivity contribution in [3.05, 3.63) is 267 Å². The molecule has 1 atom stereocenters. The average molecular weight is 1040 g/mol. The van der Waals surface area contributed by atoms with Crippen LogP contribution in [0.15, 0.2) is 226 Å². The molecule has 80 heavy (non-hydrogen) atoms. The van der Waals surface area contributed by atoms with E-state index in [9.17, 15) is 5.11 Å². The molecule has 1 unspecified atom stereocenters. The summed E-state index contributed by atoms with van der Waals surface area (Å²) >= 11 is 0. The smallest absolute Gasteiger partial charge is 0.200 e. The van der Waals surface area contributed by atoms with Crippen LogP contribution in [-0.4, -0.2) is 11.7 Å². The van der Waals surface area contributed by atoms with Crippen molar-refractivity contribution in [2.45, 2.75) is 66.7 Å². The molecule has 1 aliphatic heterocycles. The van der Waals surface area contributed by atoms with E-state index < -0.39 is 5.41 Å². The van der Waals surface area contributed by atoms with Gasteiger partial charge in [-0.25, -0.2) is 0 Å². The molecule has 7 aromatic carbocycles. The lowest BCUT2D eigenvalue weighted by atomic mass is 9.69. The Kier molecular flexibility index (Phi) is 11.5. The molecular formula is C74H63N3O3. The highest BCUT2D eigenvalue weighted by Crippen LogP contribution is 2.67. The minimum atomic E-state index is -0.837. The number of phenolic OH excluding ortho intramolecular Hbond substituents is 1. The number of aromatic hydroxyl groups is 1. The molecule has 2 N–H and O–H groups in total. The highest BCUT2D eigenvalue weighted by Gasteiger charge is 2.54. The van der Waals surface area contributed by atoms with Crippen LogP contribution in [0, 0.1) is 33.1 Å². The number of furan rings is 1. The van der Waals surface area contributed by atoms with Gasteiger partial charge in [0.25, 0.3) is 0 Å². The Labute approximate surface area is 468 Å². The largest absolute Gasteiger partial charge is 0.508 e. The Hall–Kier alpha value is -9.26. The molecule has 6 heteroatoms. The topological polar surface area (TPSA) is 65.0 Å². The number of aryl methyl sites for hydroxylation is 4. The molecule has 0 bridgehead atoms. The molecule has 0 saturated carbocycles. The number of hydrogen-bond donors (Lipinski definition) is 2. The lowest BCUT2D eigenvalue weighted by Crippen LogP contribution is -2.28. The maximum Gasteiger partial charge on any atom is 0.200 e. The number of fused-ring (bicyclic) bond motifs is 16. The highest BCUT2D eigenvalue weighted by molar-refractivity contribution is 6.23. The number of phenols is 1. The quantitative estimate of drug-likeness (QED) is 0.173. The van der Waals surface area contributed by atoms with Crippen molar-refractivity contribution >= 4 is 78.7 Å². The molecule has 0 saturated heterocycles. The third kappa shape index (κ3) is 7.60. The van der Waals surface area contributed by atoms with Gasteiger partial charge in [-0.3, -0.25) is 0 Å². The molecule has 3 heterocycles. The van der Waals surface area contributed by atoms with Crippen LogP contribution >= 0.6 is 0 Å². The Balaban J connectivity index is 1.15. The Morgan fingerprint density at radius 2 is 1.26 bits per heavy atom. The molecule has 392 valence electrons. The van der Waals surface area contributed by atoms with Crippen molar-refractivity contribution in [3.8, 4) is 16.9 Å². The zero-order valence-corrected chi connectivity index (χ0v) is 46.4. The first-order chi connectivity index (χ1) is 38.9. The predicted molar refractivity (Wildman–Crippen MR) is 333 cm³/mol. The summed E-state index contributed by atoms with van der Waals surface area (Å²) in [4.78, 5) is 4.80. The van der Waals surface area contributed by atoms with E-state index in [4.69, 9.17) is 8.83 Å². The van der Waals surface area contributed by atoms with Crippen molar-refractivity contribution in [3.63, 3.8) is 0 Å². The fraction of sp³-hybridized carbons (Fsp3) is 0.162. The number of rotatable bonds is 6. The van der Waals surface area contributed by atoms with Crippen LogP contribution in [0.2, 0.25) is 0 Å². The van der Waals surface area contributed by atoms with Gasteiger partial charge < -0.3 is 29.1 Å². The first-order valence-electron chi connectivity index (χ1n) is 28.1. The van der Waals surface area contributed by atoms with E-state index in [0.717, 1.165) is 125 Å². The molecular weight excluding hydrogens is 979 g/mol. The zero-order valence-electron chi connectivity index (χ0n) is 46.4. The van der Waals surface area contributed by atoms with Gasteiger partial charge in [0, 0.05) is 63.3 Å². The number of para-hydroxylation sites is 1. The molecule has 4 aliphatic carbocycles. The van der Waals surface area contributed by atoms with Gasteiger partial charge >= 0.3 is 0 Å². The Morgan fingerprint density at radius 3 is 2.08 bits per heavy atom. The molecule has 0 amide bonds. The first kappa shape index (κ1) is 49.1. The summed E-state index contributed by atoms with van der Waals surface area (Å²) in [5, 5.41) is 19.4. The maximum atomic E-state index is 11.6. The van der Waals surface area contributed by atoms with Gasteiger partial charge in [0.15, 0.2) is 0 Å². The summed E-state index contributed by atoms with van der Waals surface area (Å²) in [6.45, 7) is 15.8. The Bertz CT molecular complexity index is 4410. The van der Waals surface area contributed by atoms with Crippen LogP contribution in [0.25, 0.3) is 55.5 Å². The van der Waals surface area contributed by atoms with E-state index in [2.05, 4.69) is 244 Å². The molecule has 1 spiro atoms. The minimum Gasteiger partial charge on any atom is -0.508 e. The molecule has 9 aromatic rings. The normalized spacial score (nSPS) is 16.6. The summed E-state index contributed by atoms with van der Waals surface area (Å²) in [6.07, 6.45) is 24.5. The van der Waals surface area contributed by atoms with Crippen LogP contribution < -0.4 is 15.1 Å². The van der Waals surface area contributed by atoms with E-state index in [1.807, 2.05) is 26.0 Å². The number of nitrogens with one attached hydrogen (secondary N) is 1. The first-order valence-corrected chi connectivity index (χ1v) is 28.1. The molecule has 5 aliphatic rings. The predicted octanol–water partition coefficient (Wildman–Crippen LogP) is 19.9. The van der Waals surface area contributed by atoms with E-state index in [-0.39, 0.29) is 11.2 Å². The highest BCUT2D eigenvalue weighted by atomic mass is 16.4. The Morgan fingerprint density at radius 1 is 0.562 bits per heavy atom. The fourth-order valence-electron chi connectivity index (χ4n) is 13.2. The number of nitrogens with zero attached hydrogens (tertiary/aromatic N) is 2. The summed E-state index contributed by atoms with van der Waals surface area (Å²) in [5.41, 5.74) is 21.5. The fourth-order valence-corrected chi connectivity index (χ4v) is 13.2. The van der Waals surface area contributed by atoms with Crippen molar-refractivity contribution < 1.29 is 13.9 Å². The summed E-state index contributed by atoms with van der Waals surface area (Å²) in [6, 6.07) is 53.1. The van der Waals surface area contributed by atoms with Crippen LogP contribution in [0.4, 0.5) is 34.3 Å². The molecule has 14 rings (SSSR count). The molecule has 0 radical (unpaired) electrons. The SMILES string of the molecule is Cc1ccc(N(c2ccc(C)c3c(oc(C)c2)NCC=C3)c2cc3c(c4oc5ccccc5c24)-c2c(cc(N(C4=CCC=C(C(C)(C)C)C=C4)c4ccc(C)c(O)c4)c4ccccc24)C32C3=C(C=CCC=C3)c3ccccc32)cc1. The van der Waals surface area contributed by atoms with Gasteiger partial charge in [0.05, 0.1) is 22.2 Å². The van der Waals surface area contributed by atoms with Crippen molar-refractivity contribution in [1.29, 1.82) is 0 Å². The third-order valence-electron chi connectivity index (χ3n) is 17.0. The van der Waals surface area contributed by atoms with Crippen LogP contribution in [-0.2, 0) is 5.41 Å². The van der Waals surface area contributed by atoms with Gasteiger partial charge in [0.1, 0.15) is 22.7 Å². The van der Waals surface area contributed by atoms with E-state index in [0.29, 0.717) is 6.54 Å². The third-order valence-corrected chi connectivity index (χ3v) is 17.0. The van der Waals surface area contributed by atoms with E-state index >= 15 is 0 Å². The standard InChI is InChI=1S/C74H63N3O3/c1-45-30-35-51(36-31-45)77(52-37-32-46(2)54-26-18-40-75-72(54)79-48(4)41-52)65-44-63-70(71-69(65)59-25-14-16-29-67(59)80-71)68-58-24-12-11-23-57(58)64(43-62(68)74(63)60-27-10-8-9-21-55(60)56-22-13-15-28-61(56)74)76(53-38-33-47(3)66(78)42-53)50-20-17-19-49(34-39-50)73(5,6)7/h9-16,18-39,41-44,75,78H,8,17,40H2,1-7H3. The van der Waals surface area contributed by atoms with Gasteiger partial charge in [0.2, 0.25) is 5.88 Å². The second kappa shape index (κ2) is 18.7. The van der Waals surface area contributed by atoms with Crippen LogP contribution in [0.1, 0.15) is 83.9 Å². The zero-order chi connectivity index (χ0) is 54.6. The van der Waals surface area contributed by atoms with Gasteiger partial charge in [-0.1, -0.05) is 172 Å². The number of hydrogen-bond acceptors (Lipinski definition) is 6. The lowest BCUT2D eigenvalue weighted by Gasteiger charge is -2.35. The minimum absolute atomic E-state index is 0.0430. The maximum absolute atomic E-state index is 11.6. The van der Waals surface area contributed by atoms with E-state index in [1.54, 1.807) is 0 Å². The van der Waals surface area contributed by atoms with Crippen molar-refractivity contribution in [2.75, 3.05) is 21.7 Å². The lowest BCUT2D eigenvalue weighted by molar-refractivity contribution is 0.471. The second-order valence-corrected chi connectivity index (χ2v) is 23.1. The summed E-state index contributed by atoms with van der Waals surface area (Å²) in [7, 11) is 0. The molecule has 0 fully saturated rings. The average Bonchev–Trinajstić information content (AvgIpc) is 4.13. The van der Waals surface area contributed by atoms with Gasteiger partial charge in [-0.2, -0.15) is 0 Å². The summed E-state index contributed by atoms with van der Waals surface area (Å²) < 4.78 is 14.3.